The molecule has 0 unspecified atom stereocenters. The number of hydrogen-bond acceptors (Lipinski definition) is 8. The van der Waals surface area contributed by atoms with E-state index in [2.05, 4.69) is 46.3 Å². The normalized spacial score (nSPS) is 11.3. The number of aromatic nitrogens is 4. The Hall–Kier alpha value is -2.87. The first-order chi connectivity index (χ1) is 12.7. The van der Waals surface area contributed by atoms with Crippen LogP contribution in [-0.2, 0) is 5.75 Å². The molecule has 8 heteroatoms. The molecule has 0 radical (unpaired) electrons. The quantitative estimate of drug-likeness (QED) is 0.448. The molecule has 4 rings (SSSR count). The molecule has 0 saturated carbocycles. The summed E-state index contributed by atoms with van der Waals surface area (Å²) in [5.41, 5.74) is 2.20. The van der Waals surface area contributed by atoms with Crippen LogP contribution in [0.15, 0.2) is 61.2 Å². The van der Waals surface area contributed by atoms with Crippen LogP contribution >= 0.6 is 11.8 Å². The van der Waals surface area contributed by atoms with Crippen molar-refractivity contribution in [3.05, 3.63) is 54.1 Å². The van der Waals surface area contributed by atoms with Gasteiger partial charge in [-0.15, -0.1) is 10.2 Å². The van der Waals surface area contributed by atoms with E-state index in [9.17, 15) is 0 Å². The van der Waals surface area contributed by atoms with Crippen LogP contribution < -0.4 is 0 Å². The van der Waals surface area contributed by atoms with Crippen molar-refractivity contribution in [3.63, 3.8) is 0 Å². The molecule has 1 aromatic carbocycles. The van der Waals surface area contributed by atoms with E-state index >= 15 is 0 Å². The third-order valence-electron chi connectivity index (χ3n) is 3.76. The molecule has 3 aromatic heterocycles. The van der Waals surface area contributed by atoms with Gasteiger partial charge in [0.25, 0.3) is 11.1 Å². The van der Waals surface area contributed by atoms with Crippen LogP contribution in [0.4, 0.5) is 0 Å². The minimum absolute atomic E-state index is 0.342. The summed E-state index contributed by atoms with van der Waals surface area (Å²) in [7, 11) is 0. The molecule has 4 aromatic rings. The van der Waals surface area contributed by atoms with Crippen molar-refractivity contribution in [1.82, 2.24) is 20.3 Å². The first-order valence-corrected chi connectivity index (χ1v) is 9.10. The Morgan fingerprint density at radius 2 is 1.92 bits per heavy atom. The molecule has 0 aliphatic rings. The summed E-state index contributed by atoms with van der Waals surface area (Å²) in [5, 5.41) is 12.4. The predicted molar refractivity (Wildman–Crippen MR) is 95.4 cm³/mol. The van der Waals surface area contributed by atoms with Crippen molar-refractivity contribution >= 4 is 11.8 Å². The van der Waals surface area contributed by atoms with E-state index in [-0.39, 0.29) is 0 Å². The van der Waals surface area contributed by atoms with Gasteiger partial charge < -0.3 is 13.4 Å². The first kappa shape index (κ1) is 16.6. The zero-order chi connectivity index (χ0) is 17.9. The van der Waals surface area contributed by atoms with Gasteiger partial charge in [0.1, 0.15) is 0 Å². The maximum absolute atomic E-state index is 5.53. The van der Waals surface area contributed by atoms with Crippen molar-refractivity contribution in [2.45, 2.75) is 30.7 Å². The standard InChI is InChI=1S/C18H16N4O3S/c1-11(2)12-5-7-13(8-6-12)16-19-15(25-22-16)10-26-18-21-20-17(24-18)14-4-3-9-23-14/h3-9,11H,10H2,1-2H3. The van der Waals surface area contributed by atoms with E-state index in [1.807, 2.05) is 12.1 Å². The molecule has 0 aliphatic carbocycles. The predicted octanol–water partition coefficient (Wildman–Crippen LogP) is 4.80. The van der Waals surface area contributed by atoms with Gasteiger partial charge in [0.15, 0.2) is 5.76 Å². The number of hydrogen-bond donors (Lipinski definition) is 0. The van der Waals surface area contributed by atoms with Crippen LogP contribution in [0, 0.1) is 0 Å². The molecule has 0 spiro atoms. The van der Waals surface area contributed by atoms with Gasteiger partial charge in [-0.05, 0) is 23.6 Å². The Bertz CT molecular complexity index is 974. The molecular weight excluding hydrogens is 352 g/mol. The molecule has 0 atom stereocenters. The molecule has 0 bridgehead atoms. The fraction of sp³-hybridized carbons (Fsp3) is 0.222. The number of benzene rings is 1. The van der Waals surface area contributed by atoms with E-state index in [4.69, 9.17) is 13.4 Å². The monoisotopic (exact) mass is 368 g/mol. The van der Waals surface area contributed by atoms with Gasteiger partial charge in [-0.2, -0.15) is 4.98 Å². The van der Waals surface area contributed by atoms with Crippen LogP contribution in [-0.4, -0.2) is 20.3 Å². The zero-order valence-corrected chi connectivity index (χ0v) is 15.1. The number of rotatable bonds is 6. The van der Waals surface area contributed by atoms with Crippen LogP contribution in [0.2, 0.25) is 0 Å². The lowest BCUT2D eigenvalue weighted by Gasteiger charge is -2.04. The second-order valence-corrected chi connectivity index (χ2v) is 6.85. The van der Waals surface area contributed by atoms with Gasteiger partial charge in [-0.1, -0.05) is 55.0 Å². The highest BCUT2D eigenvalue weighted by atomic mass is 32.2. The molecule has 0 saturated heterocycles. The van der Waals surface area contributed by atoms with Gasteiger partial charge in [0.05, 0.1) is 12.0 Å². The zero-order valence-electron chi connectivity index (χ0n) is 14.2. The smallest absolute Gasteiger partial charge is 0.284 e. The van der Waals surface area contributed by atoms with E-state index in [1.165, 1.54) is 17.3 Å². The lowest BCUT2D eigenvalue weighted by atomic mass is 10.0. The fourth-order valence-corrected chi connectivity index (χ4v) is 2.94. The van der Waals surface area contributed by atoms with E-state index in [1.54, 1.807) is 18.4 Å². The molecule has 3 heterocycles. The van der Waals surface area contributed by atoms with Crippen molar-refractivity contribution in [2.75, 3.05) is 0 Å². The molecular formula is C18H16N4O3S. The Morgan fingerprint density at radius 1 is 1.08 bits per heavy atom. The van der Waals surface area contributed by atoms with Gasteiger partial charge in [-0.25, -0.2) is 0 Å². The van der Waals surface area contributed by atoms with E-state index < -0.39 is 0 Å². The lowest BCUT2D eigenvalue weighted by molar-refractivity contribution is 0.390. The summed E-state index contributed by atoms with van der Waals surface area (Å²) >= 11 is 1.33. The number of furan rings is 1. The molecule has 132 valence electrons. The summed E-state index contributed by atoms with van der Waals surface area (Å²) in [6.07, 6.45) is 1.56. The number of nitrogens with zero attached hydrogens (tertiary/aromatic N) is 4. The second kappa shape index (κ2) is 7.17. The summed E-state index contributed by atoms with van der Waals surface area (Å²) in [6.45, 7) is 4.32. The summed E-state index contributed by atoms with van der Waals surface area (Å²) in [5.74, 6) is 2.87. The lowest BCUT2D eigenvalue weighted by Crippen LogP contribution is -1.88. The Labute approximate surface area is 153 Å². The van der Waals surface area contributed by atoms with Crippen molar-refractivity contribution in [3.8, 4) is 23.0 Å². The van der Waals surface area contributed by atoms with Gasteiger partial charge in [0, 0.05) is 5.56 Å². The third-order valence-corrected chi connectivity index (χ3v) is 4.56. The van der Waals surface area contributed by atoms with Crippen molar-refractivity contribution in [2.24, 2.45) is 0 Å². The van der Waals surface area contributed by atoms with Gasteiger partial charge in [0.2, 0.25) is 11.7 Å². The van der Waals surface area contributed by atoms with Crippen LogP contribution in [0.25, 0.3) is 23.0 Å². The first-order valence-electron chi connectivity index (χ1n) is 8.12. The Balaban J connectivity index is 1.41. The summed E-state index contributed by atoms with van der Waals surface area (Å²) in [4.78, 5) is 4.42. The molecule has 26 heavy (non-hydrogen) atoms. The van der Waals surface area contributed by atoms with Crippen LogP contribution in [0.3, 0.4) is 0 Å². The van der Waals surface area contributed by atoms with E-state index in [0.29, 0.717) is 40.3 Å². The maximum atomic E-state index is 5.53. The minimum atomic E-state index is 0.342. The fourth-order valence-electron chi connectivity index (χ4n) is 2.34. The average molecular weight is 368 g/mol. The summed E-state index contributed by atoms with van der Waals surface area (Å²) < 4.78 is 16.1. The van der Waals surface area contributed by atoms with Crippen LogP contribution in [0.5, 0.6) is 0 Å². The Kier molecular flexibility index (Phi) is 4.57. The Morgan fingerprint density at radius 3 is 2.65 bits per heavy atom. The highest BCUT2D eigenvalue weighted by Crippen LogP contribution is 2.26. The highest BCUT2D eigenvalue weighted by Gasteiger charge is 2.14. The second-order valence-electron chi connectivity index (χ2n) is 5.93. The minimum Gasteiger partial charge on any atom is -0.459 e. The SMILES string of the molecule is CC(C)c1ccc(-c2noc(CSc3nnc(-c4ccco4)o3)n2)cc1. The molecule has 7 nitrogen and oxygen atoms in total. The topological polar surface area (TPSA) is 91.0 Å². The molecule has 0 amide bonds. The average Bonchev–Trinajstić information content (AvgIpc) is 3.40. The number of thioether (sulfide) groups is 1. The molecule has 0 aliphatic heterocycles. The third kappa shape index (κ3) is 3.55. The van der Waals surface area contributed by atoms with Gasteiger partial charge in [-0.3, -0.25) is 0 Å². The van der Waals surface area contributed by atoms with Crippen LogP contribution in [0.1, 0.15) is 31.2 Å². The van der Waals surface area contributed by atoms with Gasteiger partial charge >= 0.3 is 0 Å². The largest absolute Gasteiger partial charge is 0.459 e. The van der Waals surface area contributed by atoms with Crippen molar-refractivity contribution in [1.29, 1.82) is 0 Å². The molecule has 0 fully saturated rings. The molecule has 0 N–H and O–H groups in total. The van der Waals surface area contributed by atoms with E-state index in [0.717, 1.165) is 5.56 Å². The highest BCUT2D eigenvalue weighted by molar-refractivity contribution is 7.98. The van der Waals surface area contributed by atoms with Crippen molar-refractivity contribution < 1.29 is 13.4 Å². The summed E-state index contributed by atoms with van der Waals surface area (Å²) in [6, 6.07) is 11.7. The maximum Gasteiger partial charge on any atom is 0.284 e.